The minimum absolute atomic E-state index is 0.0740. The Bertz CT molecular complexity index is 650. The zero-order valence-electron chi connectivity index (χ0n) is 15.6. The van der Waals surface area contributed by atoms with E-state index in [4.69, 9.17) is 4.74 Å². The summed E-state index contributed by atoms with van der Waals surface area (Å²) in [6, 6.07) is 4.42. The number of hydrogen-bond donors (Lipinski definition) is 3. The molecule has 1 atom stereocenters. The quantitative estimate of drug-likeness (QED) is 0.760. The Hall–Kier alpha value is -2.57. The van der Waals surface area contributed by atoms with Gasteiger partial charge in [-0.1, -0.05) is 6.92 Å². The Morgan fingerprint density at radius 3 is 2.32 bits per heavy atom. The van der Waals surface area contributed by atoms with Gasteiger partial charge in [0, 0.05) is 17.8 Å². The molecule has 138 valence electrons. The molecule has 0 bridgehead atoms. The molecule has 0 unspecified atom stereocenters. The summed E-state index contributed by atoms with van der Waals surface area (Å²) >= 11 is 0. The first kappa shape index (κ1) is 20.5. The molecule has 0 aliphatic rings. The number of carbonyl (C=O) groups excluding carboxylic acids is 3. The van der Waals surface area contributed by atoms with E-state index in [1.165, 1.54) is 0 Å². The minimum atomic E-state index is -0.755. The van der Waals surface area contributed by atoms with Crippen molar-refractivity contribution < 1.29 is 19.1 Å². The summed E-state index contributed by atoms with van der Waals surface area (Å²) in [6.07, 6.45) is -0.254. The lowest BCUT2D eigenvalue weighted by molar-refractivity contribution is -0.118. The summed E-state index contributed by atoms with van der Waals surface area (Å²) in [5.74, 6) is -0.439. The molecule has 0 aliphatic carbocycles. The van der Waals surface area contributed by atoms with Gasteiger partial charge in [-0.15, -0.1) is 0 Å². The average Bonchev–Trinajstić information content (AvgIpc) is 2.47. The maximum absolute atomic E-state index is 12.2. The van der Waals surface area contributed by atoms with Crippen molar-refractivity contribution in [2.45, 2.75) is 59.6 Å². The number of amides is 3. The second-order valence-corrected chi connectivity index (χ2v) is 6.79. The monoisotopic (exact) mass is 349 g/mol. The van der Waals surface area contributed by atoms with Gasteiger partial charge in [-0.05, 0) is 58.4 Å². The van der Waals surface area contributed by atoms with E-state index in [1.54, 1.807) is 52.8 Å². The first-order valence-corrected chi connectivity index (χ1v) is 8.22. The van der Waals surface area contributed by atoms with Crippen LogP contribution in [0.2, 0.25) is 0 Å². The number of aryl methyl sites for hydroxylation is 1. The molecule has 0 spiro atoms. The number of ether oxygens (including phenoxy) is 1. The van der Waals surface area contributed by atoms with Gasteiger partial charge in [0.2, 0.25) is 11.8 Å². The van der Waals surface area contributed by atoms with Gasteiger partial charge < -0.3 is 20.7 Å². The lowest BCUT2D eigenvalue weighted by Gasteiger charge is -2.21. The zero-order valence-corrected chi connectivity index (χ0v) is 15.6. The largest absolute Gasteiger partial charge is 0.444 e. The molecule has 3 amide bonds. The van der Waals surface area contributed by atoms with Crippen LogP contribution in [0.25, 0.3) is 0 Å². The highest BCUT2D eigenvalue weighted by atomic mass is 16.6. The molecule has 0 saturated heterocycles. The first-order chi connectivity index (χ1) is 11.5. The summed E-state index contributed by atoms with van der Waals surface area (Å²) in [7, 11) is 0. The summed E-state index contributed by atoms with van der Waals surface area (Å²) in [5, 5.41) is 8.00. The molecule has 3 N–H and O–H groups in total. The van der Waals surface area contributed by atoms with Gasteiger partial charge in [0.25, 0.3) is 0 Å². The van der Waals surface area contributed by atoms with E-state index in [1.807, 2.05) is 6.92 Å². The minimum Gasteiger partial charge on any atom is -0.444 e. The molecule has 0 saturated carbocycles. The van der Waals surface area contributed by atoms with Crippen molar-refractivity contribution in [2.24, 2.45) is 0 Å². The first-order valence-electron chi connectivity index (χ1n) is 8.22. The number of nitrogens with one attached hydrogen (secondary N) is 3. The molecular weight excluding hydrogens is 322 g/mol. The van der Waals surface area contributed by atoms with E-state index >= 15 is 0 Å². The summed E-state index contributed by atoms with van der Waals surface area (Å²) in [6.45, 7) is 10.4. The third kappa shape index (κ3) is 7.24. The van der Waals surface area contributed by atoms with Crippen molar-refractivity contribution >= 4 is 29.3 Å². The smallest absolute Gasteiger partial charge is 0.408 e. The fourth-order valence-corrected chi connectivity index (χ4v) is 1.92. The molecule has 0 fully saturated rings. The van der Waals surface area contributed by atoms with Crippen molar-refractivity contribution in [2.75, 3.05) is 10.6 Å². The standard InChI is InChI=1S/C18H27N3O4/c1-7-15(22)21-14-9-8-13(10-11(14)2)20-16(23)12(3)19-17(24)25-18(4,5)6/h8-10,12H,7H2,1-6H3,(H,19,24)(H,20,23)(H,21,22)/t12-/m1/s1. The van der Waals surface area contributed by atoms with Gasteiger partial charge in [0.1, 0.15) is 11.6 Å². The molecule has 7 heteroatoms. The van der Waals surface area contributed by atoms with Gasteiger partial charge in [0.05, 0.1) is 0 Å². The average molecular weight is 349 g/mol. The van der Waals surface area contributed by atoms with Crippen LogP contribution in [0.5, 0.6) is 0 Å². The molecule has 0 aliphatic heterocycles. The van der Waals surface area contributed by atoms with Crippen LogP contribution in [0.3, 0.4) is 0 Å². The van der Waals surface area contributed by atoms with Crippen LogP contribution in [0, 0.1) is 6.92 Å². The van der Waals surface area contributed by atoms with Gasteiger partial charge in [-0.2, -0.15) is 0 Å². The zero-order chi connectivity index (χ0) is 19.2. The van der Waals surface area contributed by atoms with Crippen molar-refractivity contribution in [1.29, 1.82) is 0 Å². The lowest BCUT2D eigenvalue weighted by Crippen LogP contribution is -2.43. The van der Waals surface area contributed by atoms with Crippen LogP contribution >= 0.6 is 0 Å². The third-order valence-electron chi connectivity index (χ3n) is 3.22. The second kappa shape index (κ2) is 8.50. The van der Waals surface area contributed by atoms with Crippen LogP contribution in [-0.4, -0.2) is 29.6 Å². The SMILES string of the molecule is CCC(=O)Nc1ccc(NC(=O)[C@@H](C)NC(=O)OC(C)(C)C)cc1C. The fraction of sp³-hybridized carbons (Fsp3) is 0.500. The molecule has 0 radical (unpaired) electrons. The van der Waals surface area contributed by atoms with Crippen LogP contribution in [-0.2, 0) is 14.3 Å². The maximum Gasteiger partial charge on any atom is 0.408 e. The van der Waals surface area contributed by atoms with Crippen LogP contribution in [0.1, 0.15) is 46.6 Å². The number of carbonyl (C=O) groups is 3. The van der Waals surface area contributed by atoms with Gasteiger partial charge in [-0.3, -0.25) is 9.59 Å². The van der Waals surface area contributed by atoms with Crippen molar-refractivity contribution in [3.05, 3.63) is 23.8 Å². The number of hydrogen-bond acceptors (Lipinski definition) is 4. The Labute approximate surface area is 148 Å². The topological polar surface area (TPSA) is 96.5 Å². The van der Waals surface area contributed by atoms with Gasteiger partial charge >= 0.3 is 6.09 Å². The normalized spacial score (nSPS) is 12.1. The van der Waals surface area contributed by atoms with E-state index < -0.39 is 17.7 Å². The summed E-state index contributed by atoms with van der Waals surface area (Å²) in [5.41, 5.74) is 1.47. The third-order valence-corrected chi connectivity index (χ3v) is 3.22. The Morgan fingerprint density at radius 2 is 1.80 bits per heavy atom. The van der Waals surface area contributed by atoms with Crippen LogP contribution in [0.4, 0.5) is 16.2 Å². The maximum atomic E-state index is 12.2. The summed E-state index contributed by atoms with van der Waals surface area (Å²) in [4.78, 5) is 35.3. The van der Waals surface area contributed by atoms with Gasteiger partial charge in [-0.25, -0.2) is 4.79 Å². The van der Waals surface area contributed by atoms with E-state index in [9.17, 15) is 14.4 Å². The molecule has 7 nitrogen and oxygen atoms in total. The molecule has 1 rings (SSSR count). The molecule has 1 aromatic rings. The number of benzene rings is 1. The molecule has 0 aromatic heterocycles. The summed E-state index contributed by atoms with van der Waals surface area (Å²) < 4.78 is 5.12. The van der Waals surface area contributed by atoms with Crippen LogP contribution in [0.15, 0.2) is 18.2 Å². The number of alkyl carbamates (subject to hydrolysis) is 1. The highest BCUT2D eigenvalue weighted by Gasteiger charge is 2.21. The fourth-order valence-electron chi connectivity index (χ4n) is 1.92. The van der Waals surface area contributed by atoms with E-state index in [-0.39, 0.29) is 11.8 Å². The molecular formula is C18H27N3O4. The highest BCUT2D eigenvalue weighted by Crippen LogP contribution is 2.20. The molecule has 25 heavy (non-hydrogen) atoms. The van der Waals surface area contributed by atoms with Crippen LogP contribution < -0.4 is 16.0 Å². The van der Waals surface area contributed by atoms with E-state index in [0.717, 1.165) is 5.56 Å². The molecule has 0 heterocycles. The van der Waals surface area contributed by atoms with Crippen molar-refractivity contribution in [3.63, 3.8) is 0 Å². The Morgan fingerprint density at radius 1 is 1.16 bits per heavy atom. The van der Waals surface area contributed by atoms with Crippen molar-refractivity contribution in [3.8, 4) is 0 Å². The Balaban J connectivity index is 2.66. The van der Waals surface area contributed by atoms with Gasteiger partial charge in [0.15, 0.2) is 0 Å². The molecule has 1 aromatic carbocycles. The van der Waals surface area contributed by atoms with E-state index in [0.29, 0.717) is 17.8 Å². The number of rotatable bonds is 5. The lowest BCUT2D eigenvalue weighted by atomic mass is 10.1. The van der Waals surface area contributed by atoms with Crippen molar-refractivity contribution in [1.82, 2.24) is 5.32 Å². The van der Waals surface area contributed by atoms with E-state index in [2.05, 4.69) is 16.0 Å². The Kier molecular flexibility index (Phi) is 6.97. The predicted octanol–water partition coefficient (Wildman–Crippen LogP) is 3.20. The second-order valence-electron chi connectivity index (χ2n) is 6.79. The predicted molar refractivity (Wildman–Crippen MR) is 97.6 cm³/mol. The highest BCUT2D eigenvalue weighted by molar-refractivity contribution is 5.97. The number of anilines is 2.